The molecule has 1 atom stereocenters. The number of nitrogens with zero attached hydrogens (tertiary/aromatic N) is 2. The second kappa shape index (κ2) is 16.0. The molecule has 2 aromatic heterocycles. The van der Waals surface area contributed by atoms with Gasteiger partial charge in [0.25, 0.3) is 0 Å². The molecule has 0 amide bonds. The minimum atomic E-state index is -3.09. The monoisotopic (exact) mass is 922 g/mol. The van der Waals surface area contributed by atoms with Crippen LogP contribution in [-0.4, -0.2) is 25.3 Å². The van der Waals surface area contributed by atoms with Crippen LogP contribution in [0, 0.1) is 0 Å². The van der Waals surface area contributed by atoms with Gasteiger partial charge in [0.2, 0.25) is 0 Å². The highest BCUT2D eigenvalue weighted by molar-refractivity contribution is 7.21. The number of fused-ring (bicyclic) bond motifs is 8. The fourth-order valence-corrected chi connectivity index (χ4v) is 22.4. The molecule has 3 heterocycles. The first-order valence-electron chi connectivity index (χ1n) is 24.3. The second-order valence-electron chi connectivity index (χ2n) is 18.8. The van der Waals surface area contributed by atoms with E-state index in [1.54, 1.807) is 0 Å². The van der Waals surface area contributed by atoms with E-state index in [1.807, 2.05) is 0 Å². The van der Waals surface area contributed by atoms with Crippen molar-refractivity contribution in [3.8, 4) is 22.5 Å². The van der Waals surface area contributed by atoms with E-state index in [2.05, 4.69) is 288 Å². The third-order valence-corrected chi connectivity index (χ3v) is 24.9. The van der Waals surface area contributed by atoms with Crippen molar-refractivity contribution in [1.82, 2.24) is 9.13 Å². The summed E-state index contributed by atoms with van der Waals surface area (Å²) in [6.45, 7) is 0. The molecule has 0 aliphatic carbocycles. The standard InChI is InChI=1S/C66H46N2Si2/c1-6-23-47(24-7-1)48-25-22-34-54(43-48)70(53-32-14-5-15-33-53)64-40-21-20-39-63(64)68-61-38-19-17-36-57(61)59-44-49(45-65(70)66(59)68)67-60-37-18-16-35-56(60)58-46-55(41-42-62(58)67)69(50-26-8-2-9-27-50,51-28-10-3-11-29-51)52-30-12-4-13-31-52/h1-46H. The summed E-state index contributed by atoms with van der Waals surface area (Å²) in [5, 5.41) is 16.1. The van der Waals surface area contributed by atoms with Gasteiger partial charge in [0.05, 0.1) is 22.1 Å². The van der Waals surface area contributed by atoms with Gasteiger partial charge in [0.15, 0.2) is 16.1 Å². The Hall–Kier alpha value is -8.55. The topological polar surface area (TPSA) is 9.86 Å². The lowest BCUT2D eigenvalue weighted by molar-refractivity contribution is 1.17. The van der Waals surface area contributed by atoms with Gasteiger partial charge in [-0.15, -0.1) is 0 Å². The molecular weight excluding hydrogens is 877 g/mol. The van der Waals surface area contributed by atoms with Crippen molar-refractivity contribution in [3.63, 3.8) is 0 Å². The first-order chi connectivity index (χ1) is 34.7. The molecule has 14 rings (SSSR count). The van der Waals surface area contributed by atoms with E-state index in [0.29, 0.717) is 0 Å². The molecule has 1 aliphatic rings. The van der Waals surface area contributed by atoms with Crippen molar-refractivity contribution >= 4 is 101 Å². The zero-order valence-electron chi connectivity index (χ0n) is 38.5. The summed E-state index contributed by atoms with van der Waals surface area (Å²) < 4.78 is 5.14. The van der Waals surface area contributed by atoms with Gasteiger partial charge in [0, 0.05) is 32.9 Å². The minimum absolute atomic E-state index is 1.17. The molecule has 0 saturated heterocycles. The lowest BCUT2D eigenvalue weighted by atomic mass is 10.1. The molecule has 0 bridgehead atoms. The Morgan fingerprint density at radius 3 is 1.44 bits per heavy atom. The molecule has 1 unspecified atom stereocenters. The summed E-state index contributed by atoms with van der Waals surface area (Å²) in [4.78, 5) is 0. The Morgan fingerprint density at radius 1 is 0.286 bits per heavy atom. The van der Waals surface area contributed by atoms with Crippen LogP contribution in [-0.2, 0) is 0 Å². The number of para-hydroxylation sites is 3. The molecule has 11 aromatic carbocycles. The quantitative estimate of drug-likeness (QED) is 0.106. The van der Waals surface area contributed by atoms with Crippen molar-refractivity contribution in [2.45, 2.75) is 0 Å². The predicted octanol–water partition coefficient (Wildman–Crippen LogP) is 10.6. The van der Waals surface area contributed by atoms with Crippen LogP contribution < -0.4 is 41.5 Å². The average Bonchev–Trinajstić information content (AvgIpc) is 3.97. The third kappa shape index (κ3) is 5.78. The Labute approximate surface area is 409 Å². The lowest BCUT2D eigenvalue weighted by Gasteiger charge is -2.40. The van der Waals surface area contributed by atoms with Gasteiger partial charge >= 0.3 is 0 Å². The second-order valence-corrected chi connectivity index (χ2v) is 26.3. The third-order valence-electron chi connectivity index (χ3n) is 15.3. The average molecular weight is 923 g/mol. The predicted molar refractivity (Wildman–Crippen MR) is 301 cm³/mol. The van der Waals surface area contributed by atoms with Crippen molar-refractivity contribution < 1.29 is 0 Å². The van der Waals surface area contributed by atoms with Crippen molar-refractivity contribution in [2.24, 2.45) is 0 Å². The van der Waals surface area contributed by atoms with E-state index in [1.165, 1.54) is 108 Å². The van der Waals surface area contributed by atoms with E-state index in [9.17, 15) is 0 Å². The van der Waals surface area contributed by atoms with Gasteiger partial charge in [-0.25, -0.2) is 0 Å². The molecule has 1 aliphatic heterocycles. The van der Waals surface area contributed by atoms with Gasteiger partial charge in [0.1, 0.15) is 0 Å². The van der Waals surface area contributed by atoms with Crippen LogP contribution in [0.1, 0.15) is 0 Å². The Kier molecular flexibility index (Phi) is 9.28. The van der Waals surface area contributed by atoms with E-state index >= 15 is 0 Å². The molecule has 0 radical (unpaired) electrons. The first kappa shape index (κ1) is 40.5. The summed E-state index contributed by atoms with van der Waals surface area (Å²) >= 11 is 0. The minimum Gasteiger partial charge on any atom is -0.309 e. The Balaban J connectivity index is 1.11. The highest BCUT2D eigenvalue weighted by atomic mass is 28.3. The van der Waals surface area contributed by atoms with Crippen molar-refractivity contribution in [3.05, 3.63) is 279 Å². The van der Waals surface area contributed by atoms with Gasteiger partial charge in [-0.2, -0.15) is 0 Å². The van der Waals surface area contributed by atoms with Gasteiger partial charge in [-0.1, -0.05) is 243 Å². The molecule has 0 fully saturated rings. The number of aromatic nitrogens is 2. The van der Waals surface area contributed by atoms with Crippen LogP contribution >= 0.6 is 0 Å². The van der Waals surface area contributed by atoms with E-state index in [0.717, 1.165) is 0 Å². The maximum atomic E-state index is 2.60. The SMILES string of the molecule is c1ccc(-c2cccc([Si]3(c4ccccc4)c4ccccc4-n4c5ccccc5c5cc(-n6c7ccccc7c7cc([Si](c8ccccc8)(c8ccccc8)c8ccccc8)ccc76)cc3c54)c2)cc1. The van der Waals surface area contributed by atoms with Gasteiger partial charge < -0.3 is 9.13 Å². The molecule has 0 saturated carbocycles. The summed E-state index contributed by atoms with van der Waals surface area (Å²) in [7, 11) is -5.90. The highest BCUT2D eigenvalue weighted by Crippen LogP contribution is 2.39. The van der Waals surface area contributed by atoms with Crippen LogP contribution in [0.3, 0.4) is 0 Å². The summed E-state index contributed by atoms with van der Waals surface area (Å²) in [5.74, 6) is 0. The van der Waals surface area contributed by atoms with Gasteiger partial charge in [-0.3, -0.25) is 0 Å². The summed E-state index contributed by atoms with van der Waals surface area (Å²) in [6, 6.07) is 106. The molecule has 2 nitrogen and oxygen atoms in total. The molecule has 13 aromatic rings. The van der Waals surface area contributed by atoms with Crippen LogP contribution in [0.5, 0.6) is 0 Å². The molecule has 70 heavy (non-hydrogen) atoms. The van der Waals surface area contributed by atoms with Crippen molar-refractivity contribution in [2.75, 3.05) is 0 Å². The molecule has 0 spiro atoms. The highest BCUT2D eigenvalue weighted by Gasteiger charge is 2.48. The number of benzene rings is 11. The maximum absolute atomic E-state index is 3.09. The number of rotatable bonds is 8. The van der Waals surface area contributed by atoms with Crippen LogP contribution in [0.15, 0.2) is 279 Å². The van der Waals surface area contributed by atoms with E-state index in [4.69, 9.17) is 0 Å². The number of hydrogen-bond donors (Lipinski definition) is 0. The molecular formula is C66H46N2Si2. The molecule has 0 N–H and O–H groups in total. The lowest BCUT2D eigenvalue weighted by Crippen LogP contribution is -2.76. The van der Waals surface area contributed by atoms with E-state index < -0.39 is 16.1 Å². The smallest absolute Gasteiger partial charge is 0.184 e. The zero-order valence-corrected chi connectivity index (χ0v) is 40.5. The van der Waals surface area contributed by atoms with Crippen molar-refractivity contribution in [1.29, 1.82) is 0 Å². The normalized spacial score (nSPS) is 14.3. The molecule has 4 heteroatoms. The Bertz CT molecular complexity index is 4010. The summed E-state index contributed by atoms with van der Waals surface area (Å²) in [5.41, 5.74) is 9.83. The van der Waals surface area contributed by atoms with Crippen LogP contribution in [0.4, 0.5) is 0 Å². The summed E-state index contributed by atoms with van der Waals surface area (Å²) in [6.07, 6.45) is 0. The molecule has 328 valence electrons. The fraction of sp³-hybridized carbons (Fsp3) is 0. The first-order valence-corrected chi connectivity index (χ1v) is 28.3. The van der Waals surface area contributed by atoms with Gasteiger partial charge in [-0.05, 0) is 89.0 Å². The largest absolute Gasteiger partial charge is 0.309 e. The van der Waals surface area contributed by atoms with E-state index in [-0.39, 0.29) is 0 Å². The maximum Gasteiger partial charge on any atom is 0.184 e. The fourth-order valence-electron chi connectivity index (χ4n) is 12.5. The van der Waals surface area contributed by atoms with Crippen LogP contribution in [0.2, 0.25) is 0 Å². The number of hydrogen-bond acceptors (Lipinski definition) is 0. The zero-order chi connectivity index (χ0) is 46.2. The van der Waals surface area contributed by atoms with Crippen LogP contribution in [0.25, 0.3) is 66.1 Å². The Morgan fingerprint density at radius 2 is 0.786 bits per heavy atom.